The van der Waals surface area contributed by atoms with Gasteiger partial charge in [-0.15, -0.1) is 0 Å². The average molecular weight is 261 g/mol. The van der Waals surface area contributed by atoms with Gasteiger partial charge in [-0.25, -0.2) is 0 Å². The number of carboxylic acid groups (broad SMARTS) is 1. The minimum absolute atomic E-state index is 0.0293. The Labute approximate surface area is 110 Å². The van der Waals surface area contributed by atoms with Crippen LogP contribution in [0.25, 0.3) is 0 Å². The van der Waals surface area contributed by atoms with Crippen molar-refractivity contribution in [3.8, 4) is 0 Å². The van der Waals surface area contributed by atoms with Crippen LogP contribution in [0.4, 0.5) is 0 Å². The highest BCUT2D eigenvalue weighted by atomic mass is 16.4. The summed E-state index contributed by atoms with van der Waals surface area (Å²) in [5, 5.41) is 8.62. The van der Waals surface area contributed by atoms with E-state index in [-0.39, 0.29) is 30.7 Å². The van der Waals surface area contributed by atoms with Crippen molar-refractivity contribution in [3.05, 3.63) is 35.4 Å². The molecule has 1 aliphatic rings. The van der Waals surface area contributed by atoms with Gasteiger partial charge < -0.3 is 5.11 Å². The highest BCUT2D eigenvalue weighted by Crippen LogP contribution is 2.24. The number of carbonyl (C=O) groups excluding carboxylic acids is 2. The van der Waals surface area contributed by atoms with Crippen molar-refractivity contribution in [2.45, 2.75) is 19.8 Å². The second kappa shape index (κ2) is 5.22. The number of benzene rings is 1. The number of hydrogen-bond acceptors (Lipinski definition) is 3. The van der Waals surface area contributed by atoms with Crippen molar-refractivity contribution in [2.75, 3.05) is 6.54 Å². The molecule has 1 N–H and O–H groups in total. The Morgan fingerprint density at radius 2 is 1.74 bits per heavy atom. The molecule has 1 heterocycles. The summed E-state index contributed by atoms with van der Waals surface area (Å²) in [6, 6.07) is 6.72. The van der Waals surface area contributed by atoms with Gasteiger partial charge in [-0.2, -0.15) is 0 Å². The van der Waals surface area contributed by atoms with Gasteiger partial charge in [-0.05, 0) is 24.5 Å². The van der Waals surface area contributed by atoms with E-state index in [2.05, 4.69) is 0 Å². The number of carboxylic acids is 1. The van der Waals surface area contributed by atoms with Crippen LogP contribution in [0, 0.1) is 5.92 Å². The van der Waals surface area contributed by atoms with E-state index in [9.17, 15) is 14.4 Å². The zero-order chi connectivity index (χ0) is 14.0. The number of imide groups is 1. The number of rotatable bonds is 5. The van der Waals surface area contributed by atoms with E-state index >= 15 is 0 Å². The molecule has 1 atom stereocenters. The smallest absolute Gasteiger partial charge is 0.303 e. The van der Waals surface area contributed by atoms with Crippen LogP contribution >= 0.6 is 0 Å². The van der Waals surface area contributed by atoms with Gasteiger partial charge in [0, 0.05) is 13.0 Å². The van der Waals surface area contributed by atoms with Crippen molar-refractivity contribution < 1.29 is 19.5 Å². The molecule has 5 nitrogen and oxygen atoms in total. The van der Waals surface area contributed by atoms with Crippen LogP contribution in [0.3, 0.4) is 0 Å². The molecule has 0 fully saturated rings. The summed E-state index contributed by atoms with van der Waals surface area (Å²) in [6.07, 6.45) is 0.493. The third-order valence-corrected chi connectivity index (χ3v) is 3.22. The molecule has 2 rings (SSSR count). The Morgan fingerprint density at radius 1 is 1.21 bits per heavy atom. The molecule has 100 valence electrons. The maximum absolute atomic E-state index is 12.1. The third-order valence-electron chi connectivity index (χ3n) is 3.22. The molecule has 0 saturated heterocycles. The zero-order valence-corrected chi connectivity index (χ0v) is 10.6. The van der Waals surface area contributed by atoms with E-state index in [0.29, 0.717) is 17.5 Å². The lowest BCUT2D eigenvalue weighted by molar-refractivity contribution is -0.137. The van der Waals surface area contributed by atoms with Crippen LogP contribution in [-0.2, 0) is 4.79 Å². The molecule has 19 heavy (non-hydrogen) atoms. The lowest BCUT2D eigenvalue weighted by atomic mass is 10.1. The van der Waals surface area contributed by atoms with Crippen molar-refractivity contribution in [1.82, 2.24) is 4.90 Å². The molecule has 0 radical (unpaired) electrons. The van der Waals surface area contributed by atoms with Gasteiger partial charge in [0.1, 0.15) is 0 Å². The largest absolute Gasteiger partial charge is 0.481 e. The molecule has 1 aromatic rings. The molecule has 5 heteroatoms. The van der Waals surface area contributed by atoms with Gasteiger partial charge in [0.05, 0.1) is 11.1 Å². The van der Waals surface area contributed by atoms with E-state index in [0.717, 1.165) is 0 Å². The monoisotopic (exact) mass is 261 g/mol. The normalized spacial score (nSPS) is 15.5. The minimum atomic E-state index is -0.866. The number of carbonyl (C=O) groups is 3. The van der Waals surface area contributed by atoms with Gasteiger partial charge in [0.15, 0.2) is 0 Å². The van der Waals surface area contributed by atoms with Gasteiger partial charge in [0.25, 0.3) is 11.8 Å². The zero-order valence-electron chi connectivity index (χ0n) is 10.6. The maximum Gasteiger partial charge on any atom is 0.303 e. The predicted molar refractivity (Wildman–Crippen MR) is 67.8 cm³/mol. The topological polar surface area (TPSA) is 74.7 Å². The first-order chi connectivity index (χ1) is 9.00. The first-order valence-corrected chi connectivity index (χ1v) is 6.17. The summed E-state index contributed by atoms with van der Waals surface area (Å²) in [7, 11) is 0. The highest BCUT2D eigenvalue weighted by molar-refractivity contribution is 6.21. The molecule has 0 aromatic heterocycles. The van der Waals surface area contributed by atoms with Crippen LogP contribution < -0.4 is 0 Å². The number of aliphatic carboxylic acids is 1. The molecule has 2 amide bonds. The number of hydrogen-bond donors (Lipinski definition) is 1. The van der Waals surface area contributed by atoms with E-state index in [1.54, 1.807) is 24.3 Å². The van der Waals surface area contributed by atoms with Gasteiger partial charge in [-0.3, -0.25) is 19.3 Å². The fourth-order valence-corrected chi connectivity index (χ4v) is 2.18. The van der Waals surface area contributed by atoms with Crippen LogP contribution in [0.15, 0.2) is 24.3 Å². The Bertz CT molecular complexity index is 503. The standard InChI is InChI=1S/C14H15NO4/c1-9(6-7-12(16)17)8-15-13(18)10-4-2-3-5-11(10)14(15)19/h2-5,9H,6-8H2,1H3,(H,16,17)/t9-/m0/s1. The van der Waals surface area contributed by atoms with Crippen molar-refractivity contribution in [3.63, 3.8) is 0 Å². The summed E-state index contributed by atoms with van der Waals surface area (Å²) in [4.78, 5) is 35.8. The second-order valence-corrected chi connectivity index (χ2v) is 4.80. The fourth-order valence-electron chi connectivity index (χ4n) is 2.18. The van der Waals surface area contributed by atoms with Crippen LogP contribution in [0.2, 0.25) is 0 Å². The van der Waals surface area contributed by atoms with Crippen molar-refractivity contribution in [1.29, 1.82) is 0 Å². The summed E-state index contributed by atoms with van der Waals surface area (Å²) in [5.41, 5.74) is 0.857. The third kappa shape index (κ3) is 2.65. The van der Waals surface area contributed by atoms with E-state index in [1.165, 1.54) is 4.90 Å². The molecular formula is C14H15NO4. The Morgan fingerprint density at radius 3 is 2.21 bits per heavy atom. The summed E-state index contributed by atoms with van der Waals surface area (Å²) < 4.78 is 0. The first kappa shape index (κ1) is 13.3. The molecule has 0 spiro atoms. The fraction of sp³-hybridized carbons (Fsp3) is 0.357. The molecule has 1 aliphatic heterocycles. The number of nitrogens with zero attached hydrogens (tertiary/aromatic N) is 1. The Balaban J connectivity index is 2.06. The Hall–Kier alpha value is -2.17. The second-order valence-electron chi connectivity index (χ2n) is 4.80. The maximum atomic E-state index is 12.1. The predicted octanol–water partition coefficient (Wildman–Crippen LogP) is 1.78. The molecular weight excluding hydrogens is 246 g/mol. The van der Waals surface area contributed by atoms with Crippen LogP contribution in [-0.4, -0.2) is 34.3 Å². The molecule has 0 unspecified atom stereocenters. The number of amides is 2. The van der Waals surface area contributed by atoms with E-state index < -0.39 is 5.97 Å². The lowest BCUT2D eigenvalue weighted by Crippen LogP contribution is -2.34. The SMILES string of the molecule is C[C@@H](CCC(=O)O)CN1C(=O)c2ccccc2C1=O. The highest BCUT2D eigenvalue weighted by Gasteiger charge is 2.35. The molecule has 0 aliphatic carbocycles. The van der Waals surface area contributed by atoms with Crippen molar-refractivity contribution in [2.24, 2.45) is 5.92 Å². The van der Waals surface area contributed by atoms with Gasteiger partial charge in [-0.1, -0.05) is 19.1 Å². The van der Waals surface area contributed by atoms with Crippen LogP contribution in [0.1, 0.15) is 40.5 Å². The van der Waals surface area contributed by atoms with Gasteiger partial charge >= 0.3 is 5.97 Å². The molecule has 0 saturated carbocycles. The average Bonchev–Trinajstić information content (AvgIpc) is 2.62. The Kier molecular flexibility index (Phi) is 3.64. The summed E-state index contributed by atoms with van der Waals surface area (Å²) >= 11 is 0. The van der Waals surface area contributed by atoms with Crippen molar-refractivity contribution >= 4 is 17.8 Å². The van der Waals surface area contributed by atoms with Gasteiger partial charge in [0.2, 0.25) is 0 Å². The lowest BCUT2D eigenvalue weighted by Gasteiger charge is -2.18. The first-order valence-electron chi connectivity index (χ1n) is 6.17. The number of fused-ring (bicyclic) bond motifs is 1. The summed E-state index contributed by atoms with van der Waals surface area (Å²) in [6.45, 7) is 2.10. The van der Waals surface area contributed by atoms with Crippen LogP contribution in [0.5, 0.6) is 0 Å². The molecule has 0 bridgehead atoms. The van der Waals surface area contributed by atoms with E-state index in [1.807, 2.05) is 6.92 Å². The van der Waals surface area contributed by atoms with E-state index in [4.69, 9.17) is 5.11 Å². The summed E-state index contributed by atoms with van der Waals surface area (Å²) in [5.74, 6) is -1.47. The minimum Gasteiger partial charge on any atom is -0.481 e. The molecule has 1 aromatic carbocycles. The quantitative estimate of drug-likeness (QED) is 0.820.